The Morgan fingerprint density at radius 2 is 1.89 bits per heavy atom. The van der Waals surface area contributed by atoms with E-state index < -0.39 is 8.53 Å². The Balaban J connectivity index is 1.63. The van der Waals surface area contributed by atoms with Crippen molar-refractivity contribution in [2.45, 2.75) is 98.8 Å². The molecular formula is C26H44N5O5PS. The molecule has 0 N–H and O–H groups in total. The average molecular weight is 570 g/mol. The van der Waals surface area contributed by atoms with Crippen LogP contribution in [0.4, 0.5) is 0 Å². The number of ether oxygens (including phenoxy) is 2. The number of thioether (sulfide) groups is 1. The van der Waals surface area contributed by atoms with Crippen LogP contribution in [0.2, 0.25) is 0 Å². The van der Waals surface area contributed by atoms with Crippen molar-refractivity contribution in [2.24, 2.45) is 5.92 Å². The highest BCUT2D eigenvalue weighted by molar-refractivity contribution is 8.13. The maximum absolute atomic E-state index is 11.8. The lowest BCUT2D eigenvalue weighted by molar-refractivity contribution is -0.113. The summed E-state index contributed by atoms with van der Waals surface area (Å²) in [6.07, 6.45) is 4.43. The van der Waals surface area contributed by atoms with Crippen LogP contribution < -0.4 is 0 Å². The number of aromatic nitrogens is 4. The maximum Gasteiger partial charge on any atom is 0.259 e. The van der Waals surface area contributed by atoms with Crippen LogP contribution in [0.5, 0.6) is 0 Å². The molecule has 0 aromatic carbocycles. The van der Waals surface area contributed by atoms with Gasteiger partial charge in [-0.3, -0.25) is 9.36 Å². The minimum absolute atomic E-state index is 0.0399. The SMILES string of the molecule is CCC1OC(n2cnc3c(C)ncnc32)CC1OP(OCCOCCSC(=O)C(C)C)N(C(C)C)C(C)C. The van der Waals surface area contributed by atoms with Crippen LogP contribution in [-0.4, -0.2) is 79.2 Å². The lowest BCUT2D eigenvalue weighted by Crippen LogP contribution is -2.36. The van der Waals surface area contributed by atoms with Crippen molar-refractivity contribution in [3.05, 3.63) is 18.3 Å². The van der Waals surface area contributed by atoms with Crippen LogP contribution in [0.3, 0.4) is 0 Å². The highest BCUT2D eigenvalue weighted by atomic mass is 32.2. The third-order valence-corrected chi connectivity index (χ3v) is 9.56. The quantitative estimate of drug-likeness (QED) is 0.202. The number of hydrogen-bond donors (Lipinski definition) is 0. The molecule has 1 saturated heterocycles. The van der Waals surface area contributed by atoms with Gasteiger partial charge in [0.15, 0.2) is 10.8 Å². The van der Waals surface area contributed by atoms with E-state index in [2.05, 4.69) is 54.2 Å². The van der Waals surface area contributed by atoms with Gasteiger partial charge < -0.3 is 18.5 Å². The summed E-state index contributed by atoms with van der Waals surface area (Å²) in [5.74, 6) is 0.691. The fourth-order valence-electron chi connectivity index (χ4n) is 4.41. The zero-order valence-electron chi connectivity index (χ0n) is 24.0. The molecule has 1 aliphatic rings. The van der Waals surface area contributed by atoms with Gasteiger partial charge in [0.05, 0.1) is 44.0 Å². The summed E-state index contributed by atoms with van der Waals surface area (Å²) in [7, 11) is -1.34. The first-order valence-electron chi connectivity index (χ1n) is 13.6. The van der Waals surface area contributed by atoms with Crippen LogP contribution >= 0.6 is 20.3 Å². The summed E-state index contributed by atoms with van der Waals surface area (Å²) in [4.78, 5) is 25.0. The second-order valence-corrected chi connectivity index (χ2v) is 12.8. The van der Waals surface area contributed by atoms with Gasteiger partial charge in [0.2, 0.25) is 0 Å². The second-order valence-electron chi connectivity index (χ2n) is 10.3. The van der Waals surface area contributed by atoms with E-state index in [0.717, 1.165) is 23.3 Å². The smallest absolute Gasteiger partial charge is 0.259 e. The van der Waals surface area contributed by atoms with Gasteiger partial charge in [-0.2, -0.15) is 0 Å². The average Bonchev–Trinajstić information content (AvgIpc) is 3.47. The minimum atomic E-state index is -1.34. The Kier molecular flexibility index (Phi) is 12.3. The molecule has 0 bridgehead atoms. The van der Waals surface area contributed by atoms with E-state index >= 15 is 0 Å². The van der Waals surface area contributed by atoms with Crippen molar-refractivity contribution < 1.29 is 23.3 Å². The van der Waals surface area contributed by atoms with Crippen LogP contribution in [0.15, 0.2) is 12.7 Å². The summed E-state index contributed by atoms with van der Waals surface area (Å²) in [5, 5.41) is 0.195. The molecule has 4 atom stereocenters. The summed E-state index contributed by atoms with van der Waals surface area (Å²) in [6.45, 7) is 17.9. The molecule has 0 spiro atoms. The van der Waals surface area contributed by atoms with Gasteiger partial charge in [-0.1, -0.05) is 32.5 Å². The molecule has 0 aliphatic carbocycles. The van der Waals surface area contributed by atoms with Gasteiger partial charge in [-0.15, -0.1) is 0 Å². The lowest BCUT2D eigenvalue weighted by Gasteiger charge is -2.37. The van der Waals surface area contributed by atoms with E-state index in [-0.39, 0.29) is 41.6 Å². The largest absolute Gasteiger partial charge is 0.378 e. The third kappa shape index (κ3) is 8.16. The first-order valence-corrected chi connectivity index (χ1v) is 15.7. The van der Waals surface area contributed by atoms with Crippen molar-refractivity contribution in [3.8, 4) is 0 Å². The normalized spacial score (nSPS) is 21.0. The zero-order chi connectivity index (χ0) is 27.8. The molecule has 12 heteroatoms. The molecule has 3 rings (SSSR count). The molecule has 3 heterocycles. The second kappa shape index (κ2) is 15.0. The van der Waals surface area contributed by atoms with Crippen LogP contribution in [0, 0.1) is 12.8 Å². The molecule has 1 aliphatic heterocycles. The van der Waals surface area contributed by atoms with Gasteiger partial charge in [0.25, 0.3) is 8.53 Å². The number of hydrogen-bond acceptors (Lipinski definition) is 10. The molecule has 1 fully saturated rings. The molecule has 10 nitrogen and oxygen atoms in total. The summed E-state index contributed by atoms with van der Waals surface area (Å²) in [5.41, 5.74) is 2.41. The van der Waals surface area contributed by atoms with E-state index in [1.54, 1.807) is 12.7 Å². The number of aryl methyl sites for hydroxylation is 1. The van der Waals surface area contributed by atoms with Crippen molar-refractivity contribution in [3.63, 3.8) is 0 Å². The fourth-order valence-corrected chi connectivity index (χ4v) is 6.89. The fraction of sp³-hybridized carbons (Fsp3) is 0.769. The highest BCUT2D eigenvalue weighted by Gasteiger charge is 2.40. The monoisotopic (exact) mass is 569 g/mol. The predicted molar refractivity (Wildman–Crippen MR) is 152 cm³/mol. The number of rotatable bonds is 15. The van der Waals surface area contributed by atoms with Crippen molar-refractivity contribution in [1.29, 1.82) is 0 Å². The predicted octanol–water partition coefficient (Wildman–Crippen LogP) is 5.51. The minimum Gasteiger partial charge on any atom is -0.378 e. The molecule has 0 saturated carbocycles. The number of carbonyl (C=O) groups is 1. The highest BCUT2D eigenvalue weighted by Crippen LogP contribution is 2.50. The number of fused-ring (bicyclic) bond motifs is 1. The number of nitrogens with zero attached hydrogens (tertiary/aromatic N) is 5. The van der Waals surface area contributed by atoms with E-state index in [0.29, 0.717) is 32.0 Å². The molecule has 2 aromatic rings. The van der Waals surface area contributed by atoms with Gasteiger partial charge in [-0.05, 0) is 41.0 Å². The molecule has 4 unspecified atom stereocenters. The zero-order valence-corrected chi connectivity index (χ0v) is 25.7. The summed E-state index contributed by atoms with van der Waals surface area (Å²) < 4.78 is 29.5. The number of carbonyl (C=O) groups excluding carboxylic acids is 1. The van der Waals surface area contributed by atoms with E-state index in [9.17, 15) is 4.79 Å². The Hall–Kier alpha value is -1.20. The Morgan fingerprint density at radius 3 is 2.55 bits per heavy atom. The van der Waals surface area contributed by atoms with Gasteiger partial charge in [-0.25, -0.2) is 19.6 Å². The number of imidazole rings is 1. The van der Waals surface area contributed by atoms with Crippen LogP contribution in [0.1, 0.15) is 73.2 Å². The van der Waals surface area contributed by atoms with Crippen molar-refractivity contribution in [1.82, 2.24) is 24.2 Å². The molecular weight excluding hydrogens is 525 g/mol. The molecule has 0 radical (unpaired) electrons. The molecule has 214 valence electrons. The Bertz CT molecular complexity index is 1020. The van der Waals surface area contributed by atoms with E-state index in [1.165, 1.54) is 11.8 Å². The van der Waals surface area contributed by atoms with Crippen molar-refractivity contribution in [2.75, 3.05) is 25.6 Å². The molecule has 38 heavy (non-hydrogen) atoms. The van der Waals surface area contributed by atoms with Gasteiger partial charge >= 0.3 is 0 Å². The van der Waals surface area contributed by atoms with Gasteiger partial charge in [0, 0.05) is 30.2 Å². The first-order chi connectivity index (χ1) is 18.1. The topological polar surface area (TPSA) is 101 Å². The van der Waals surface area contributed by atoms with Crippen LogP contribution in [-0.2, 0) is 23.3 Å². The first kappa shape index (κ1) is 31.3. The lowest BCUT2D eigenvalue weighted by atomic mass is 10.1. The van der Waals surface area contributed by atoms with E-state index in [4.69, 9.17) is 18.5 Å². The Labute approximate surface area is 232 Å². The third-order valence-electron chi connectivity index (χ3n) is 6.28. The molecule has 2 aromatic heterocycles. The molecule has 0 amide bonds. The summed E-state index contributed by atoms with van der Waals surface area (Å²) in [6, 6.07) is 0.492. The standard InChI is InChI=1S/C26H44N5O5PS/c1-9-21-22(14-23(35-21)30-16-29-24-20(8)27-15-28-25(24)30)36-37(31(18(4)5)19(6)7)34-11-10-33-12-13-38-26(32)17(2)3/h15-19,21-23H,9-14H2,1-8H3. The summed E-state index contributed by atoms with van der Waals surface area (Å²) >= 11 is 1.32. The van der Waals surface area contributed by atoms with E-state index in [1.807, 2.05) is 25.3 Å². The maximum atomic E-state index is 11.8. The van der Waals surface area contributed by atoms with Gasteiger partial charge in [0.1, 0.15) is 18.1 Å². The van der Waals surface area contributed by atoms with Crippen LogP contribution in [0.25, 0.3) is 11.2 Å². The Morgan fingerprint density at radius 1 is 1.16 bits per heavy atom. The van der Waals surface area contributed by atoms with Crippen molar-refractivity contribution >= 4 is 36.6 Å².